The Bertz CT molecular complexity index is 526. The monoisotopic (exact) mass is 371 g/mol. The van der Waals surface area contributed by atoms with Gasteiger partial charge in [-0.1, -0.05) is 20.3 Å². The smallest absolute Gasteiger partial charge is 0.197 e. The predicted octanol–water partition coefficient (Wildman–Crippen LogP) is 4.12. The highest BCUT2D eigenvalue weighted by molar-refractivity contribution is 14.1. The number of aromatic nitrogens is 2. The van der Waals surface area contributed by atoms with E-state index in [1.807, 2.05) is 12.1 Å². The fourth-order valence-electron chi connectivity index (χ4n) is 1.77. The molecule has 0 aromatic carbocycles. The lowest BCUT2D eigenvalue weighted by atomic mass is 10.2. The molecule has 4 nitrogen and oxygen atoms in total. The summed E-state index contributed by atoms with van der Waals surface area (Å²) in [4.78, 5) is 9.19. The molecule has 0 unspecified atom stereocenters. The van der Waals surface area contributed by atoms with Gasteiger partial charge in [0.1, 0.15) is 5.82 Å². The van der Waals surface area contributed by atoms with Crippen LogP contribution in [0.15, 0.2) is 22.8 Å². The third-order valence-corrected chi connectivity index (χ3v) is 3.82. The summed E-state index contributed by atoms with van der Waals surface area (Å²) in [5.74, 6) is 2.29. The standard InChI is InChI=1S/C14H18IN3O/c1-3-6-10-12(15)14(16-8-4-2)18-13(17-10)11-7-5-9-19-11/h5,7,9H,3-4,6,8H2,1-2H3,(H,16,17,18). The molecule has 0 aliphatic carbocycles. The van der Waals surface area contributed by atoms with Gasteiger partial charge in [0.25, 0.3) is 0 Å². The summed E-state index contributed by atoms with van der Waals surface area (Å²) in [5.41, 5.74) is 1.09. The zero-order chi connectivity index (χ0) is 13.7. The van der Waals surface area contributed by atoms with Crippen molar-refractivity contribution in [3.8, 4) is 11.6 Å². The highest BCUT2D eigenvalue weighted by Crippen LogP contribution is 2.25. The summed E-state index contributed by atoms with van der Waals surface area (Å²) < 4.78 is 6.51. The van der Waals surface area contributed by atoms with Gasteiger partial charge in [-0.15, -0.1) is 0 Å². The minimum Gasteiger partial charge on any atom is -0.461 e. The zero-order valence-corrected chi connectivity index (χ0v) is 13.4. The van der Waals surface area contributed by atoms with E-state index in [9.17, 15) is 0 Å². The molecular formula is C14H18IN3O. The molecule has 1 N–H and O–H groups in total. The molecule has 102 valence electrons. The van der Waals surface area contributed by atoms with Gasteiger partial charge in [0.05, 0.1) is 15.5 Å². The molecule has 0 spiro atoms. The van der Waals surface area contributed by atoms with Gasteiger partial charge in [-0.2, -0.15) is 0 Å². The summed E-state index contributed by atoms with van der Waals surface area (Å²) in [6, 6.07) is 3.75. The van der Waals surface area contributed by atoms with Gasteiger partial charge in [-0.25, -0.2) is 9.97 Å². The Morgan fingerprint density at radius 1 is 1.26 bits per heavy atom. The predicted molar refractivity (Wildman–Crippen MR) is 85.2 cm³/mol. The second kappa shape index (κ2) is 6.88. The molecule has 0 fully saturated rings. The average molecular weight is 371 g/mol. The van der Waals surface area contributed by atoms with E-state index < -0.39 is 0 Å². The molecule has 0 amide bonds. The largest absolute Gasteiger partial charge is 0.461 e. The van der Waals surface area contributed by atoms with Crippen LogP contribution in [0.1, 0.15) is 32.4 Å². The van der Waals surface area contributed by atoms with E-state index in [1.54, 1.807) is 6.26 Å². The van der Waals surface area contributed by atoms with Crippen molar-refractivity contribution in [1.82, 2.24) is 9.97 Å². The molecule has 0 aliphatic heterocycles. The average Bonchev–Trinajstić information content (AvgIpc) is 2.94. The Kier molecular flexibility index (Phi) is 5.18. The molecule has 0 radical (unpaired) electrons. The number of hydrogen-bond acceptors (Lipinski definition) is 4. The maximum atomic E-state index is 5.40. The van der Waals surface area contributed by atoms with E-state index in [-0.39, 0.29) is 0 Å². The van der Waals surface area contributed by atoms with Crippen molar-refractivity contribution < 1.29 is 4.42 Å². The van der Waals surface area contributed by atoms with Crippen molar-refractivity contribution in [3.05, 3.63) is 27.7 Å². The molecule has 19 heavy (non-hydrogen) atoms. The van der Waals surface area contributed by atoms with Gasteiger partial charge in [-0.05, 0) is 47.6 Å². The van der Waals surface area contributed by atoms with E-state index >= 15 is 0 Å². The van der Waals surface area contributed by atoms with Gasteiger partial charge in [-0.3, -0.25) is 0 Å². The summed E-state index contributed by atoms with van der Waals surface area (Å²) in [6.07, 6.45) is 4.74. The Hall–Kier alpha value is -1.11. The molecule has 0 atom stereocenters. The fraction of sp³-hybridized carbons (Fsp3) is 0.429. The van der Waals surface area contributed by atoms with Gasteiger partial charge in [0, 0.05) is 6.54 Å². The van der Waals surface area contributed by atoms with Crippen molar-refractivity contribution in [1.29, 1.82) is 0 Å². The van der Waals surface area contributed by atoms with Crippen LogP contribution in [0.4, 0.5) is 5.82 Å². The van der Waals surface area contributed by atoms with Crippen LogP contribution in [-0.4, -0.2) is 16.5 Å². The lowest BCUT2D eigenvalue weighted by molar-refractivity contribution is 0.576. The maximum Gasteiger partial charge on any atom is 0.197 e. The molecule has 0 saturated carbocycles. The summed E-state index contributed by atoms with van der Waals surface area (Å²) in [5, 5.41) is 3.36. The van der Waals surface area contributed by atoms with E-state index in [0.29, 0.717) is 11.6 Å². The Labute approximate surface area is 127 Å². The van der Waals surface area contributed by atoms with Gasteiger partial charge in [0.15, 0.2) is 11.6 Å². The first-order valence-electron chi connectivity index (χ1n) is 6.60. The number of furan rings is 1. The molecule has 2 heterocycles. The third-order valence-electron chi connectivity index (χ3n) is 2.69. The molecule has 0 saturated heterocycles. The zero-order valence-electron chi connectivity index (χ0n) is 11.2. The molecule has 0 bridgehead atoms. The molecule has 2 rings (SSSR count). The van der Waals surface area contributed by atoms with Crippen molar-refractivity contribution in [2.45, 2.75) is 33.1 Å². The van der Waals surface area contributed by atoms with E-state index in [4.69, 9.17) is 4.42 Å². The summed E-state index contributed by atoms with van der Waals surface area (Å²) in [6.45, 7) is 5.21. The van der Waals surface area contributed by atoms with Gasteiger partial charge in [0.2, 0.25) is 0 Å². The van der Waals surface area contributed by atoms with E-state index in [0.717, 1.165) is 40.9 Å². The van der Waals surface area contributed by atoms with Crippen molar-refractivity contribution in [2.24, 2.45) is 0 Å². The molecule has 5 heteroatoms. The van der Waals surface area contributed by atoms with Crippen LogP contribution in [0.2, 0.25) is 0 Å². The third kappa shape index (κ3) is 3.46. The first kappa shape index (κ1) is 14.3. The first-order valence-corrected chi connectivity index (χ1v) is 7.68. The number of nitrogens with zero attached hydrogens (tertiary/aromatic N) is 2. The lowest BCUT2D eigenvalue weighted by Gasteiger charge is -2.11. The maximum absolute atomic E-state index is 5.40. The summed E-state index contributed by atoms with van der Waals surface area (Å²) in [7, 11) is 0. The number of anilines is 1. The van der Waals surface area contributed by atoms with Crippen molar-refractivity contribution in [3.63, 3.8) is 0 Å². The number of hydrogen-bond donors (Lipinski definition) is 1. The highest BCUT2D eigenvalue weighted by atomic mass is 127. The minimum atomic E-state index is 0.660. The van der Waals surface area contributed by atoms with Crippen molar-refractivity contribution in [2.75, 3.05) is 11.9 Å². The number of rotatable bonds is 6. The Morgan fingerprint density at radius 2 is 2.11 bits per heavy atom. The van der Waals surface area contributed by atoms with Crippen LogP contribution < -0.4 is 5.32 Å². The Morgan fingerprint density at radius 3 is 2.74 bits per heavy atom. The quantitative estimate of drug-likeness (QED) is 0.777. The van der Waals surface area contributed by atoms with Gasteiger partial charge < -0.3 is 9.73 Å². The Balaban J connectivity index is 2.41. The van der Waals surface area contributed by atoms with Gasteiger partial charge >= 0.3 is 0 Å². The van der Waals surface area contributed by atoms with Crippen LogP contribution in [0.5, 0.6) is 0 Å². The number of nitrogens with one attached hydrogen (secondary N) is 1. The lowest BCUT2D eigenvalue weighted by Crippen LogP contribution is -2.09. The van der Waals surface area contributed by atoms with Crippen LogP contribution in [0.25, 0.3) is 11.6 Å². The topological polar surface area (TPSA) is 51.0 Å². The molecule has 2 aromatic rings. The van der Waals surface area contributed by atoms with Crippen LogP contribution in [0, 0.1) is 3.57 Å². The highest BCUT2D eigenvalue weighted by Gasteiger charge is 2.14. The molecule has 2 aromatic heterocycles. The normalized spacial score (nSPS) is 10.7. The number of aryl methyl sites for hydroxylation is 1. The van der Waals surface area contributed by atoms with E-state index in [1.165, 1.54) is 0 Å². The summed E-state index contributed by atoms with van der Waals surface area (Å²) >= 11 is 2.32. The van der Waals surface area contributed by atoms with E-state index in [2.05, 4.69) is 51.7 Å². The first-order chi connectivity index (χ1) is 9.26. The van der Waals surface area contributed by atoms with Crippen molar-refractivity contribution >= 4 is 28.4 Å². The van der Waals surface area contributed by atoms with Crippen LogP contribution in [0.3, 0.4) is 0 Å². The molecule has 0 aliphatic rings. The fourth-order valence-corrected chi connectivity index (χ4v) is 2.47. The SMILES string of the molecule is CCCNc1nc(-c2ccco2)nc(CCC)c1I. The minimum absolute atomic E-state index is 0.660. The second-order valence-corrected chi connectivity index (χ2v) is 5.39. The number of halogens is 1. The second-order valence-electron chi connectivity index (χ2n) is 4.31. The van der Waals surface area contributed by atoms with Crippen LogP contribution >= 0.6 is 22.6 Å². The molecular weight excluding hydrogens is 353 g/mol. The van der Waals surface area contributed by atoms with Crippen LogP contribution in [-0.2, 0) is 6.42 Å².